The number of aromatic nitrogens is 3. The van der Waals surface area contributed by atoms with Crippen LogP contribution in [0.15, 0.2) is 53.7 Å². The molecule has 1 aromatic carbocycles. The zero-order valence-corrected chi connectivity index (χ0v) is 16.1. The number of guanidine groups is 1. The SMILES string of the molecule is CN=C(NCCc1nnc2ccccn12)NCC1(c2cccc(Cl)c2)CC1. The first-order chi connectivity index (χ1) is 13.2. The third-order valence-electron chi connectivity index (χ3n) is 5.13. The van der Waals surface area contributed by atoms with Gasteiger partial charge in [0.2, 0.25) is 0 Å². The van der Waals surface area contributed by atoms with E-state index in [-0.39, 0.29) is 5.41 Å². The van der Waals surface area contributed by atoms with Crippen LogP contribution in [0.4, 0.5) is 0 Å². The molecule has 0 unspecified atom stereocenters. The third-order valence-corrected chi connectivity index (χ3v) is 5.37. The summed E-state index contributed by atoms with van der Waals surface area (Å²) in [5.74, 6) is 1.74. The molecule has 1 aliphatic carbocycles. The molecular formula is C20H23ClN6. The lowest BCUT2D eigenvalue weighted by molar-refractivity contribution is 0.644. The molecule has 1 saturated carbocycles. The monoisotopic (exact) mass is 382 g/mol. The first-order valence-electron chi connectivity index (χ1n) is 9.19. The molecule has 0 spiro atoms. The average Bonchev–Trinajstić information content (AvgIpc) is 3.38. The van der Waals surface area contributed by atoms with Gasteiger partial charge in [-0.2, -0.15) is 0 Å². The van der Waals surface area contributed by atoms with Crippen LogP contribution in [0.1, 0.15) is 24.2 Å². The van der Waals surface area contributed by atoms with E-state index in [2.05, 4.69) is 38.0 Å². The maximum atomic E-state index is 6.16. The van der Waals surface area contributed by atoms with E-state index in [0.717, 1.165) is 42.0 Å². The highest BCUT2D eigenvalue weighted by Crippen LogP contribution is 2.48. The fourth-order valence-corrected chi connectivity index (χ4v) is 3.55. The second-order valence-corrected chi connectivity index (χ2v) is 7.37. The molecule has 7 heteroatoms. The Hall–Kier alpha value is -2.60. The van der Waals surface area contributed by atoms with Crippen molar-refractivity contribution in [2.24, 2.45) is 4.99 Å². The minimum atomic E-state index is 0.172. The quantitative estimate of drug-likeness (QED) is 0.508. The molecule has 1 fully saturated rings. The Kier molecular flexibility index (Phi) is 4.99. The number of benzene rings is 1. The van der Waals surface area contributed by atoms with Crippen LogP contribution in [0.3, 0.4) is 0 Å². The zero-order chi connectivity index (χ0) is 18.7. The van der Waals surface area contributed by atoms with E-state index in [1.54, 1.807) is 7.05 Å². The minimum Gasteiger partial charge on any atom is -0.356 e. The Bertz CT molecular complexity index is 960. The predicted molar refractivity (Wildman–Crippen MR) is 108 cm³/mol. The summed E-state index contributed by atoms with van der Waals surface area (Å²) in [7, 11) is 1.79. The lowest BCUT2D eigenvalue weighted by Crippen LogP contribution is -2.42. The van der Waals surface area contributed by atoms with E-state index in [0.29, 0.717) is 0 Å². The second kappa shape index (κ2) is 7.56. The predicted octanol–water partition coefficient (Wildman–Crippen LogP) is 2.82. The number of pyridine rings is 1. The molecule has 0 aliphatic heterocycles. The molecule has 0 radical (unpaired) electrons. The number of hydrogen-bond donors (Lipinski definition) is 2. The van der Waals surface area contributed by atoms with Crippen LogP contribution in [0.2, 0.25) is 5.02 Å². The van der Waals surface area contributed by atoms with E-state index in [4.69, 9.17) is 11.6 Å². The Morgan fingerprint density at radius 1 is 1.19 bits per heavy atom. The molecule has 2 heterocycles. The van der Waals surface area contributed by atoms with Crippen LogP contribution in [-0.2, 0) is 11.8 Å². The number of hydrogen-bond acceptors (Lipinski definition) is 3. The van der Waals surface area contributed by atoms with Gasteiger partial charge in [-0.05, 0) is 42.7 Å². The maximum absolute atomic E-state index is 6.16. The molecule has 0 atom stereocenters. The summed E-state index contributed by atoms with van der Waals surface area (Å²) >= 11 is 6.16. The highest BCUT2D eigenvalue weighted by molar-refractivity contribution is 6.30. The lowest BCUT2D eigenvalue weighted by atomic mass is 9.96. The summed E-state index contributed by atoms with van der Waals surface area (Å²) in [4.78, 5) is 4.34. The van der Waals surface area contributed by atoms with Gasteiger partial charge in [0.25, 0.3) is 0 Å². The van der Waals surface area contributed by atoms with Crippen LogP contribution >= 0.6 is 11.6 Å². The van der Waals surface area contributed by atoms with Crippen LogP contribution in [0, 0.1) is 0 Å². The minimum absolute atomic E-state index is 0.172. The summed E-state index contributed by atoms with van der Waals surface area (Å²) in [5.41, 5.74) is 2.34. The highest BCUT2D eigenvalue weighted by atomic mass is 35.5. The maximum Gasteiger partial charge on any atom is 0.191 e. The summed E-state index contributed by atoms with van der Waals surface area (Å²) in [6.07, 6.45) is 5.09. The van der Waals surface area contributed by atoms with Gasteiger partial charge in [0.15, 0.2) is 11.6 Å². The Morgan fingerprint density at radius 3 is 2.85 bits per heavy atom. The summed E-state index contributed by atoms with van der Waals surface area (Å²) in [6, 6.07) is 14.1. The van der Waals surface area contributed by atoms with Crippen molar-refractivity contribution in [3.8, 4) is 0 Å². The first-order valence-corrected chi connectivity index (χ1v) is 9.57. The zero-order valence-electron chi connectivity index (χ0n) is 15.3. The van der Waals surface area contributed by atoms with Crippen LogP contribution in [0.25, 0.3) is 5.65 Å². The Balaban J connectivity index is 1.31. The van der Waals surface area contributed by atoms with Crippen molar-refractivity contribution >= 4 is 23.2 Å². The molecule has 2 N–H and O–H groups in total. The van der Waals surface area contributed by atoms with Crippen molar-refractivity contribution in [3.63, 3.8) is 0 Å². The molecule has 3 aromatic rings. The van der Waals surface area contributed by atoms with Crippen LogP contribution in [-0.4, -0.2) is 40.7 Å². The number of nitrogens with one attached hydrogen (secondary N) is 2. The Morgan fingerprint density at radius 2 is 2.07 bits per heavy atom. The lowest BCUT2D eigenvalue weighted by Gasteiger charge is -2.19. The van der Waals surface area contributed by atoms with Gasteiger partial charge in [0.05, 0.1) is 0 Å². The van der Waals surface area contributed by atoms with Crippen LogP contribution in [0.5, 0.6) is 0 Å². The molecular weight excluding hydrogens is 360 g/mol. The summed E-state index contributed by atoms with van der Waals surface area (Å²) in [5, 5.41) is 16.1. The largest absolute Gasteiger partial charge is 0.356 e. The summed E-state index contributed by atoms with van der Waals surface area (Å²) in [6.45, 7) is 1.58. The van der Waals surface area contributed by atoms with Gasteiger partial charge < -0.3 is 10.6 Å². The van der Waals surface area contributed by atoms with Gasteiger partial charge in [0, 0.05) is 43.2 Å². The third kappa shape index (κ3) is 3.90. The van der Waals surface area contributed by atoms with Gasteiger partial charge in [0.1, 0.15) is 5.82 Å². The fourth-order valence-electron chi connectivity index (χ4n) is 3.36. The smallest absolute Gasteiger partial charge is 0.191 e. The van der Waals surface area contributed by atoms with E-state index in [1.807, 2.05) is 40.9 Å². The van der Waals surface area contributed by atoms with Crippen molar-refractivity contribution < 1.29 is 0 Å². The molecule has 140 valence electrons. The van der Waals surface area contributed by atoms with Gasteiger partial charge in [-0.15, -0.1) is 10.2 Å². The number of rotatable bonds is 6. The number of nitrogens with zero attached hydrogens (tertiary/aromatic N) is 4. The molecule has 6 nitrogen and oxygen atoms in total. The molecule has 0 amide bonds. The number of halogens is 1. The van der Waals surface area contributed by atoms with Gasteiger partial charge in [-0.3, -0.25) is 9.39 Å². The normalized spacial score (nSPS) is 15.7. The number of aliphatic imine (C=N–C) groups is 1. The summed E-state index contributed by atoms with van der Waals surface area (Å²) < 4.78 is 2.01. The topological polar surface area (TPSA) is 66.6 Å². The van der Waals surface area contributed by atoms with Crippen molar-refractivity contribution in [1.82, 2.24) is 25.2 Å². The van der Waals surface area contributed by atoms with Crippen molar-refractivity contribution in [1.29, 1.82) is 0 Å². The number of fused-ring (bicyclic) bond motifs is 1. The molecule has 0 saturated heterocycles. The van der Waals surface area contributed by atoms with Gasteiger partial charge in [-0.1, -0.05) is 29.8 Å². The van der Waals surface area contributed by atoms with E-state index < -0.39 is 0 Å². The molecule has 0 bridgehead atoms. The molecule has 2 aromatic heterocycles. The Labute approximate surface area is 163 Å². The molecule has 1 aliphatic rings. The van der Waals surface area contributed by atoms with Gasteiger partial charge >= 0.3 is 0 Å². The van der Waals surface area contributed by atoms with Crippen molar-refractivity contribution in [2.45, 2.75) is 24.7 Å². The van der Waals surface area contributed by atoms with Crippen molar-refractivity contribution in [2.75, 3.05) is 20.1 Å². The van der Waals surface area contributed by atoms with E-state index in [9.17, 15) is 0 Å². The van der Waals surface area contributed by atoms with E-state index in [1.165, 1.54) is 18.4 Å². The first kappa shape index (κ1) is 17.8. The molecule has 27 heavy (non-hydrogen) atoms. The fraction of sp³-hybridized carbons (Fsp3) is 0.350. The molecule has 4 rings (SSSR count). The van der Waals surface area contributed by atoms with Crippen LogP contribution < -0.4 is 10.6 Å². The second-order valence-electron chi connectivity index (χ2n) is 6.94. The highest BCUT2D eigenvalue weighted by Gasteiger charge is 2.44. The standard InChI is InChI=1S/C20H23ClN6/c1-22-19(23-11-8-18-26-25-17-7-2-3-12-27(17)18)24-14-20(9-10-20)15-5-4-6-16(21)13-15/h2-7,12-13H,8-11,14H2,1H3,(H2,22,23,24). The average molecular weight is 383 g/mol. The van der Waals surface area contributed by atoms with Crippen molar-refractivity contribution in [3.05, 3.63) is 65.1 Å². The van der Waals surface area contributed by atoms with Gasteiger partial charge in [-0.25, -0.2) is 0 Å². The van der Waals surface area contributed by atoms with E-state index >= 15 is 0 Å².